The molecular formula is C21H18N2O5. The summed E-state index contributed by atoms with van der Waals surface area (Å²) in [6.07, 6.45) is 0.153. The van der Waals surface area contributed by atoms with Gasteiger partial charge in [0.15, 0.2) is 0 Å². The van der Waals surface area contributed by atoms with Gasteiger partial charge in [0.2, 0.25) is 11.8 Å². The Balaban J connectivity index is 1.47. The molecule has 2 heterocycles. The fourth-order valence-electron chi connectivity index (χ4n) is 3.29. The zero-order chi connectivity index (χ0) is 19.7. The number of benzene rings is 2. The van der Waals surface area contributed by atoms with E-state index in [2.05, 4.69) is 5.32 Å². The summed E-state index contributed by atoms with van der Waals surface area (Å²) in [5.74, 6) is -0.0532. The van der Waals surface area contributed by atoms with E-state index < -0.39 is 11.5 Å². The third-order valence-corrected chi connectivity index (χ3v) is 4.77. The number of nitrogens with zero attached hydrogens (tertiary/aromatic N) is 1. The molecule has 1 aromatic heterocycles. The Labute approximate surface area is 160 Å². The second kappa shape index (κ2) is 7.19. The maximum atomic E-state index is 12.6. The highest BCUT2D eigenvalue weighted by Gasteiger charge is 2.35. The lowest BCUT2D eigenvalue weighted by atomic mass is 10.1. The molecular weight excluding hydrogens is 360 g/mol. The van der Waals surface area contributed by atoms with Crippen molar-refractivity contribution in [1.82, 2.24) is 0 Å². The molecule has 1 fully saturated rings. The van der Waals surface area contributed by atoms with Gasteiger partial charge in [0.25, 0.3) is 0 Å². The van der Waals surface area contributed by atoms with Crippen LogP contribution >= 0.6 is 0 Å². The summed E-state index contributed by atoms with van der Waals surface area (Å²) in [5, 5.41) is 3.55. The van der Waals surface area contributed by atoms with Crippen LogP contribution in [0.15, 0.2) is 63.8 Å². The molecule has 0 unspecified atom stereocenters. The van der Waals surface area contributed by atoms with Gasteiger partial charge in [-0.1, -0.05) is 0 Å². The maximum Gasteiger partial charge on any atom is 0.336 e. The van der Waals surface area contributed by atoms with E-state index in [1.807, 2.05) is 0 Å². The summed E-state index contributed by atoms with van der Waals surface area (Å²) < 4.78 is 10.2. The largest absolute Gasteiger partial charge is 0.497 e. The van der Waals surface area contributed by atoms with E-state index in [1.54, 1.807) is 60.5 Å². The van der Waals surface area contributed by atoms with Gasteiger partial charge in [0, 0.05) is 35.8 Å². The molecule has 4 rings (SSSR count). The van der Waals surface area contributed by atoms with Gasteiger partial charge >= 0.3 is 5.63 Å². The van der Waals surface area contributed by atoms with Gasteiger partial charge in [-0.2, -0.15) is 0 Å². The van der Waals surface area contributed by atoms with Crippen LogP contribution < -0.4 is 20.6 Å². The molecule has 7 heteroatoms. The predicted molar refractivity (Wildman–Crippen MR) is 105 cm³/mol. The van der Waals surface area contributed by atoms with E-state index in [1.165, 1.54) is 6.07 Å². The minimum Gasteiger partial charge on any atom is -0.497 e. The number of amides is 2. The molecule has 0 radical (unpaired) electrons. The van der Waals surface area contributed by atoms with Crippen LogP contribution in [-0.2, 0) is 9.59 Å². The monoisotopic (exact) mass is 378 g/mol. The van der Waals surface area contributed by atoms with Crippen molar-refractivity contribution in [1.29, 1.82) is 0 Å². The van der Waals surface area contributed by atoms with E-state index in [9.17, 15) is 14.4 Å². The van der Waals surface area contributed by atoms with Crippen LogP contribution in [0.5, 0.6) is 5.75 Å². The Morgan fingerprint density at radius 1 is 1.11 bits per heavy atom. The number of methoxy groups -OCH3 is 1. The highest BCUT2D eigenvalue weighted by Crippen LogP contribution is 2.28. The molecule has 0 aliphatic carbocycles. The lowest BCUT2D eigenvalue weighted by Crippen LogP contribution is -2.28. The number of nitrogens with one attached hydrogen (secondary N) is 1. The molecule has 1 N–H and O–H groups in total. The van der Waals surface area contributed by atoms with Crippen molar-refractivity contribution < 1.29 is 18.7 Å². The average molecular weight is 378 g/mol. The number of fused-ring (bicyclic) bond motifs is 1. The van der Waals surface area contributed by atoms with Crippen LogP contribution in [0.25, 0.3) is 11.0 Å². The van der Waals surface area contributed by atoms with Gasteiger partial charge in [-0.15, -0.1) is 0 Å². The first kappa shape index (κ1) is 17.8. The highest BCUT2D eigenvalue weighted by molar-refractivity contribution is 6.04. The minimum atomic E-state index is -0.445. The highest BCUT2D eigenvalue weighted by atomic mass is 16.5. The van der Waals surface area contributed by atoms with Crippen LogP contribution in [0, 0.1) is 5.92 Å². The summed E-state index contributed by atoms with van der Waals surface area (Å²) in [4.78, 5) is 37.9. The Kier molecular flexibility index (Phi) is 4.57. The SMILES string of the molecule is COc1ccc(N2C[C@H](C(=O)Nc3ccc4oc(=O)ccc4c3)CC2=O)cc1. The molecule has 3 aromatic rings. The second-order valence-corrected chi connectivity index (χ2v) is 6.60. The number of anilines is 2. The van der Waals surface area contributed by atoms with Crippen LogP contribution in [0.2, 0.25) is 0 Å². The second-order valence-electron chi connectivity index (χ2n) is 6.60. The molecule has 0 spiro atoms. The summed E-state index contributed by atoms with van der Waals surface area (Å²) in [7, 11) is 1.58. The number of hydrogen-bond donors (Lipinski definition) is 1. The van der Waals surface area contributed by atoms with Gasteiger partial charge in [0.05, 0.1) is 13.0 Å². The van der Waals surface area contributed by atoms with E-state index >= 15 is 0 Å². The molecule has 2 amide bonds. The molecule has 1 saturated heterocycles. The first-order chi connectivity index (χ1) is 13.5. The Hall–Kier alpha value is -3.61. The van der Waals surface area contributed by atoms with E-state index in [-0.39, 0.29) is 18.2 Å². The first-order valence-electron chi connectivity index (χ1n) is 8.83. The lowest BCUT2D eigenvalue weighted by molar-refractivity contribution is -0.122. The quantitative estimate of drug-likeness (QED) is 0.705. The van der Waals surface area contributed by atoms with E-state index in [0.29, 0.717) is 29.0 Å². The van der Waals surface area contributed by atoms with E-state index in [4.69, 9.17) is 9.15 Å². The molecule has 28 heavy (non-hydrogen) atoms. The summed E-state index contributed by atoms with van der Waals surface area (Å²) in [5.41, 5.74) is 1.35. The lowest BCUT2D eigenvalue weighted by Gasteiger charge is -2.17. The molecule has 0 bridgehead atoms. The zero-order valence-corrected chi connectivity index (χ0v) is 15.2. The number of ether oxygens (including phenoxy) is 1. The zero-order valence-electron chi connectivity index (χ0n) is 15.2. The molecule has 1 aliphatic heterocycles. The average Bonchev–Trinajstić information content (AvgIpc) is 3.10. The normalized spacial score (nSPS) is 16.4. The van der Waals surface area contributed by atoms with Crippen LogP contribution in [-0.4, -0.2) is 25.5 Å². The number of rotatable bonds is 4. The Morgan fingerprint density at radius 2 is 1.89 bits per heavy atom. The molecule has 2 aromatic carbocycles. The van der Waals surface area contributed by atoms with Crippen molar-refractivity contribution >= 4 is 34.2 Å². The summed E-state index contributed by atoms with van der Waals surface area (Å²) in [6, 6.07) is 15.2. The fraction of sp³-hybridized carbons (Fsp3) is 0.190. The fourth-order valence-corrected chi connectivity index (χ4v) is 3.29. The van der Waals surface area contributed by atoms with Crippen molar-refractivity contribution in [2.75, 3.05) is 23.9 Å². The van der Waals surface area contributed by atoms with Gasteiger partial charge < -0.3 is 19.4 Å². The van der Waals surface area contributed by atoms with Crippen molar-refractivity contribution in [2.45, 2.75) is 6.42 Å². The topological polar surface area (TPSA) is 88.8 Å². The number of carbonyl (C=O) groups excluding carboxylic acids is 2. The third-order valence-electron chi connectivity index (χ3n) is 4.77. The third kappa shape index (κ3) is 3.46. The van der Waals surface area contributed by atoms with Crippen molar-refractivity contribution in [3.05, 3.63) is 65.0 Å². The number of carbonyl (C=O) groups is 2. The van der Waals surface area contributed by atoms with Gasteiger partial charge in [-0.25, -0.2) is 4.79 Å². The summed E-state index contributed by atoms with van der Waals surface area (Å²) >= 11 is 0. The van der Waals surface area contributed by atoms with Crippen molar-refractivity contribution in [3.63, 3.8) is 0 Å². The van der Waals surface area contributed by atoms with Crippen LogP contribution in [0.1, 0.15) is 6.42 Å². The van der Waals surface area contributed by atoms with Crippen molar-refractivity contribution in [2.24, 2.45) is 5.92 Å². The smallest absolute Gasteiger partial charge is 0.336 e. The van der Waals surface area contributed by atoms with Gasteiger partial charge in [0.1, 0.15) is 11.3 Å². The van der Waals surface area contributed by atoms with E-state index in [0.717, 1.165) is 5.69 Å². The van der Waals surface area contributed by atoms with Crippen LogP contribution in [0.4, 0.5) is 11.4 Å². The minimum absolute atomic E-state index is 0.0920. The van der Waals surface area contributed by atoms with Gasteiger partial charge in [-0.3, -0.25) is 9.59 Å². The molecule has 7 nitrogen and oxygen atoms in total. The summed E-state index contributed by atoms with van der Waals surface area (Å²) in [6.45, 7) is 0.319. The molecule has 0 saturated carbocycles. The molecule has 142 valence electrons. The maximum absolute atomic E-state index is 12.6. The molecule has 1 aliphatic rings. The predicted octanol–water partition coefficient (Wildman–Crippen LogP) is 2.79. The Bertz CT molecular complexity index is 1100. The standard InChI is InChI=1S/C21H18N2O5/c1-27-17-6-4-16(5-7-17)23-12-14(11-19(23)24)21(26)22-15-3-8-18-13(10-15)2-9-20(25)28-18/h2-10,14H,11-12H2,1H3,(H,22,26)/t14-/m1/s1. The number of hydrogen-bond acceptors (Lipinski definition) is 5. The molecule has 1 atom stereocenters. The Morgan fingerprint density at radius 3 is 2.64 bits per heavy atom. The van der Waals surface area contributed by atoms with Crippen molar-refractivity contribution in [3.8, 4) is 5.75 Å². The van der Waals surface area contributed by atoms with Gasteiger partial charge in [-0.05, 0) is 48.5 Å². The van der Waals surface area contributed by atoms with Crippen LogP contribution in [0.3, 0.4) is 0 Å². The first-order valence-corrected chi connectivity index (χ1v) is 8.83.